The molecular formula is C19H24N2O3. The summed E-state index contributed by atoms with van der Waals surface area (Å²) in [6.45, 7) is 4.25. The predicted octanol–water partition coefficient (Wildman–Crippen LogP) is 2.93. The number of aliphatic hydroxyl groups is 1. The van der Waals surface area contributed by atoms with Crippen molar-refractivity contribution in [1.82, 2.24) is 10.2 Å². The highest BCUT2D eigenvalue weighted by molar-refractivity contribution is 5.31. The lowest BCUT2D eigenvalue weighted by atomic mass is 9.89. The molecule has 5 nitrogen and oxygen atoms in total. The molecule has 0 spiro atoms. The molecule has 3 rings (SSSR count). The number of ether oxygens (including phenoxy) is 2. The molecule has 1 N–H and O–H groups in total. The maximum atomic E-state index is 10.1. The molecular weight excluding hydrogens is 304 g/mol. The second-order valence-electron chi connectivity index (χ2n) is 6.33. The normalized spacial score (nSPS) is 18.0. The van der Waals surface area contributed by atoms with Crippen LogP contribution in [-0.4, -0.2) is 34.6 Å². The van der Waals surface area contributed by atoms with Gasteiger partial charge in [0.25, 0.3) is 0 Å². The molecule has 24 heavy (non-hydrogen) atoms. The van der Waals surface area contributed by atoms with E-state index in [2.05, 4.69) is 28.4 Å². The van der Waals surface area contributed by atoms with Gasteiger partial charge in [-0.25, -0.2) is 0 Å². The summed E-state index contributed by atoms with van der Waals surface area (Å²) in [5.74, 6) is 0.431. The van der Waals surface area contributed by atoms with Gasteiger partial charge in [-0.2, -0.15) is 5.10 Å². The number of fused-ring (bicyclic) bond motifs is 1. The minimum absolute atomic E-state index is 0.0611. The van der Waals surface area contributed by atoms with Gasteiger partial charge in [-0.1, -0.05) is 24.3 Å². The molecule has 0 saturated heterocycles. The topological polar surface area (TPSA) is 64.5 Å². The lowest BCUT2D eigenvalue weighted by Crippen LogP contribution is -2.26. The third-order valence-corrected chi connectivity index (χ3v) is 4.44. The van der Waals surface area contributed by atoms with Gasteiger partial charge < -0.3 is 14.6 Å². The molecule has 0 fully saturated rings. The van der Waals surface area contributed by atoms with Gasteiger partial charge in [0.05, 0.1) is 18.4 Å². The van der Waals surface area contributed by atoms with Crippen LogP contribution in [0.15, 0.2) is 30.3 Å². The Bertz CT molecular complexity index is 690. The van der Waals surface area contributed by atoms with E-state index in [1.54, 1.807) is 0 Å². The van der Waals surface area contributed by atoms with E-state index in [1.165, 1.54) is 11.1 Å². The summed E-state index contributed by atoms with van der Waals surface area (Å²) in [7, 11) is 0. The summed E-state index contributed by atoms with van der Waals surface area (Å²) < 4.78 is 11.4. The van der Waals surface area contributed by atoms with E-state index in [-0.39, 0.29) is 19.3 Å². The van der Waals surface area contributed by atoms with Gasteiger partial charge in [-0.05, 0) is 49.8 Å². The smallest absolute Gasteiger partial charge is 0.233 e. The lowest BCUT2D eigenvalue weighted by molar-refractivity contribution is -0.0319. The Morgan fingerprint density at radius 3 is 2.88 bits per heavy atom. The summed E-state index contributed by atoms with van der Waals surface area (Å²) in [5.41, 5.74) is 4.49. The van der Waals surface area contributed by atoms with Crippen LogP contribution in [0.5, 0.6) is 5.88 Å². The van der Waals surface area contributed by atoms with Crippen molar-refractivity contribution in [2.24, 2.45) is 0 Å². The van der Waals surface area contributed by atoms with Crippen LogP contribution in [0.4, 0.5) is 0 Å². The van der Waals surface area contributed by atoms with E-state index in [4.69, 9.17) is 9.47 Å². The fourth-order valence-electron chi connectivity index (χ4n) is 2.93. The molecule has 2 unspecified atom stereocenters. The van der Waals surface area contributed by atoms with Gasteiger partial charge >= 0.3 is 0 Å². The second kappa shape index (κ2) is 7.73. The highest BCUT2D eigenvalue weighted by atomic mass is 16.5. The van der Waals surface area contributed by atoms with Crippen LogP contribution in [0, 0.1) is 13.8 Å². The number of rotatable bonds is 6. The first-order valence-electron chi connectivity index (χ1n) is 8.44. The Morgan fingerprint density at radius 1 is 1.21 bits per heavy atom. The molecule has 1 heterocycles. The average molecular weight is 328 g/mol. The zero-order valence-electron chi connectivity index (χ0n) is 14.2. The molecule has 5 heteroatoms. The van der Waals surface area contributed by atoms with Crippen LogP contribution in [0.1, 0.15) is 41.3 Å². The number of aryl methyl sites for hydroxylation is 3. The Labute approximate surface area is 142 Å². The van der Waals surface area contributed by atoms with E-state index in [0.717, 1.165) is 30.5 Å². The number of nitrogens with zero attached hydrogens (tertiary/aromatic N) is 2. The Balaban J connectivity index is 1.49. The van der Waals surface area contributed by atoms with Crippen LogP contribution in [0.25, 0.3) is 0 Å². The largest absolute Gasteiger partial charge is 0.474 e. The van der Waals surface area contributed by atoms with Crippen molar-refractivity contribution in [3.63, 3.8) is 0 Å². The fraction of sp³-hybridized carbons (Fsp3) is 0.474. The molecule has 1 aliphatic carbocycles. The third-order valence-electron chi connectivity index (χ3n) is 4.44. The first kappa shape index (κ1) is 16.9. The van der Waals surface area contributed by atoms with Crippen LogP contribution >= 0.6 is 0 Å². The van der Waals surface area contributed by atoms with Crippen LogP contribution in [0.2, 0.25) is 0 Å². The zero-order chi connectivity index (χ0) is 16.9. The van der Waals surface area contributed by atoms with Crippen molar-refractivity contribution in [3.8, 4) is 5.88 Å². The Morgan fingerprint density at radius 2 is 2.04 bits per heavy atom. The molecule has 0 bridgehead atoms. The molecule has 2 atom stereocenters. The van der Waals surface area contributed by atoms with E-state index >= 15 is 0 Å². The number of hydrogen-bond donors (Lipinski definition) is 1. The SMILES string of the molecule is Cc1cc(OCC(O)COC2CCCc3ccccc32)nnc1C. The van der Waals surface area contributed by atoms with Gasteiger partial charge in [0.1, 0.15) is 12.7 Å². The predicted molar refractivity (Wildman–Crippen MR) is 91.1 cm³/mol. The highest BCUT2D eigenvalue weighted by Crippen LogP contribution is 2.32. The number of hydrogen-bond acceptors (Lipinski definition) is 5. The van der Waals surface area contributed by atoms with E-state index in [1.807, 2.05) is 26.0 Å². The fourth-order valence-corrected chi connectivity index (χ4v) is 2.93. The molecule has 0 aliphatic heterocycles. The highest BCUT2D eigenvalue weighted by Gasteiger charge is 2.21. The lowest BCUT2D eigenvalue weighted by Gasteiger charge is -2.26. The van der Waals surface area contributed by atoms with Crippen LogP contribution in [0.3, 0.4) is 0 Å². The molecule has 128 valence electrons. The van der Waals surface area contributed by atoms with E-state index in [0.29, 0.717) is 5.88 Å². The summed E-state index contributed by atoms with van der Waals surface area (Å²) >= 11 is 0. The van der Waals surface area contributed by atoms with Gasteiger partial charge in [0, 0.05) is 6.07 Å². The van der Waals surface area contributed by atoms with Gasteiger partial charge in [-0.15, -0.1) is 5.10 Å². The monoisotopic (exact) mass is 328 g/mol. The minimum atomic E-state index is -0.692. The minimum Gasteiger partial charge on any atom is -0.474 e. The molecule has 2 aromatic rings. The summed E-state index contributed by atoms with van der Waals surface area (Å²) in [4.78, 5) is 0. The Kier molecular flexibility index (Phi) is 5.43. The van der Waals surface area contributed by atoms with Crippen molar-refractivity contribution in [1.29, 1.82) is 0 Å². The number of aliphatic hydroxyl groups excluding tert-OH is 1. The zero-order valence-corrected chi connectivity index (χ0v) is 14.2. The summed E-state index contributed by atoms with van der Waals surface area (Å²) in [5, 5.41) is 18.1. The molecule has 0 radical (unpaired) electrons. The molecule has 0 amide bonds. The number of benzene rings is 1. The van der Waals surface area contributed by atoms with Crippen molar-refractivity contribution in [2.45, 2.75) is 45.3 Å². The van der Waals surface area contributed by atoms with Crippen molar-refractivity contribution < 1.29 is 14.6 Å². The third kappa shape index (κ3) is 4.10. The Hall–Kier alpha value is -1.98. The van der Waals surface area contributed by atoms with Crippen LogP contribution < -0.4 is 4.74 Å². The first-order chi connectivity index (χ1) is 11.6. The van der Waals surface area contributed by atoms with Gasteiger partial charge in [0.2, 0.25) is 5.88 Å². The molecule has 1 aromatic carbocycles. The second-order valence-corrected chi connectivity index (χ2v) is 6.33. The van der Waals surface area contributed by atoms with E-state index in [9.17, 15) is 5.11 Å². The summed E-state index contributed by atoms with van der Waals surface area (Å²) in [6, 6.07) is 10.2. The standard InChI is InChI=1S/C19H24N2O3/c1-13-10-19(21-20-14(13)2)24-12-16(22)11-23-18-9-5-7-15-6-3-4-8-17(15)18/h3-4,6,8,10,16,18,22H,5,7,9,11-12H2,1-2H3. The van der Waals surface area contributed by atoms with Gasteiger partial charge in [-0.3, -0.25) is 0 Å². The van der Waals surface area contributed by atoms with Crippen molar-refractivity contribution >= 4 is 0 Å². The van der Waals surface area contributed by atoms with Crippen molar-refractivity contribution in [2.75, 3.05) is 13.2 Å². The first-order valence-corrected chi connectivity index (χ1v) is 8.44. The number of aromatic nitrogens is 2. The van der Waals surface area contributed by atoms with Gasteiger partial charge in [0.15, 0.2) is 0 Å². The van der Waals surface area contributed by atoms with E-state index < -0.39 is 6.10 Å². The van der Waals surface area contributed by atoms with Crippen molar-refractivity contribution in [3.05, 3.63) is 52.7 Å². The quantitative estimate of drug-likeness (QED) is 0.883. The van der Waals surface area contributed by atoms with Crippen LogP contribution in [-0.2, 0) is 11.2 Å². The summed E-state index contributed by atoms with van der Waals surface area (Å²) in [6.07, 6.45) is 2.58. The average Bonchev–Trinajstić information content (AvgIpc) is 2.61. The maximum Gasteiger partial charge on any atom is 0.233 e. The maximum absolute atomic E-state index is 10.1. The molecule has 0 saturated carbocycles. The molecule has 1 aliphatic rings. The molecule has 1 aromatic heterocycles.